The van der Waals surface area contributed by atoms with Crippen molar-refractivity contribution in [1.29, 1.82) is 0 Å². The first-order valence-corrected chi connectivity index (χ1v) is 4.16. The van der Waals surface area contributed by atoms with Crippen molar-refractivity contribution >= 4 is 22.8 Å². The molecule has 0 unspecified atom stereocenters. The van der Waals surface area contributed by atoms with Crippen molar-refractivity contribution in [1.82, 2.24) is 15.2 Å². The largest absolute Gasteiger partial charge is 0.394 e. The maximum atomic E-state index is 5.64. The van der Waals surface area contributed by atoms with Gasteiger partial charge < -0.3 is 11.5 Å². The maximum absolute atomic E-state index is 5.64. The van der Waals surface area contributed by atoms with Crippen LogP contribution in [0.2, 0.25) is 0 Å². The van der Waals surface area contributed by atoms with Gasteiger partial charge in [0.15, 0.2) is 5.82 Å². The molecule has 12 heavy (non-hydrogen) atoms. The number of hydrogen-bond donors (Lipinski definition) is 3. The highest BCUT2D eigenvalue weighted by molar-refractivity contribution is 7.13. The second-order valence-corrected chi connectivity index (χ2v) is 3.13. The molecular formula is C6H7N5S. The molecule has 0 radical (unpaired) electrons. The Balaban J connectivity index is 2.55. The van der Waals surface area contributed by atoms with Gasteiger partial charge in [0.05, 0.1) is 0 Å². The minimum atomic E-state index is 0.320. The van der Waals surface area contributed by atoms with Gasteiger partial charge in [0.1, 0.15) is 16.4 Å². The number of nitrogen functional groups attached to an aromatic ring is 2. The first-order valence-electron chi connectivity index (χ1n) is 3.28. The molecule has 2 aromatic heterocycles. The molecule has 0 aliphatic carbocycles. The lowest BCUT2D eigenvalue weighted by molar-refractivity contribution is 1.10. The molecule has 0 amide bonds. The van der Waals surface area contributed by atoms with Crippen LogP contribution in [0.5, 0.6) is 0 Å². The fourth-order valence-corrected chi connectivity index (χ4v) is 1.52. The number of nitrogens with one attached hydrogen (secondary N) is 1. The highest BCUT2D eigenvalue weighted by atomic mass is 32.1. The molecule has 5 N–H and O–H groups in total. The summed E-state index contributed by atoms with van der Waals surface area (Å²) in [4.78, 5) is 4.07. The van der Waals surface area contributed by atoms with Gasteiger partial charge in [0, 0.05) is 11.6 Å². The summed E-state index contributed by atoms with van der Waals surface area (Å²) in [5, 5.41) is 9.16. The molecule has 0 saturated carbocycles. The number of anilines is 2. The van der Waals surface area contributed by atoms with Crippen LogP contribution in [0.3, 0.4) is 0 Å². The Morgan fingerprint density at radius 3 is 2.75 bits per heavy atom. The van der Waals surface area contributed by atoms with Gasteiger partial charge in [-0.3, -0.25) is 5.10 Å². The fourth-order valence-electron chi connectivity index (χ4n) is 0.875. The average molecular weight is 181 g/mol. The SMILES string of the molecule is Nc1n[nH]c(-c2nccs2)c1N. The van der Waals surface area contributed by atoms with Gasteiger partial charge in [0.2, 0.25) is 0 Å². The van der Waals surface area contributed by atoms with Crippen molar-refractivity contribution < 1.29 is 0 Å². The quantitative estimate of drug-likeness (QED) is 0.603. The molecule has 0 fully saturated rings. The average Bonchev–Trinajstić information content (AvgIpc) is 2.64. The van der Waals surface area contributed by atoms with Crippen LogP contribution in [0.25, 0.3) is 10.7 Å². The molecule has 2 heterocycles. The topological polar surface area (TPSA) is 93.6 Å². The normalized spacial score (nSPS) is 10.3. The summed E-state index contributed by atoms with van der Waals surface area (Å²) >= 11 is 1.49. The molecule has 0 bridgehead atoms. The Labute approximate surface area is 72.4 Å². The van der Waals surface area contributed by atoms with E-state index in [1.165, 1.54) is 11.3 Å². The second-order valence-electron chi connectivity index (χ2n) is 2.23. The van der Waals surface area contributed by atoms with Gasteiger partial charge in [-0.25, -0.2) is 4.98 Å². The van der Waals surface area contributed by atoms with Crippen LogP contribution < -0.4 is 11.5 Å². The summed E-state index contributed by atoms with van der Waals surface area (Å²) < 4.78 is 0. The van der Waals surface area contributed by atoms with E-state index in [0.717, 1.165) is 5.01 Å². The standard InChI is InChI=1S/C6H7N5S/c7-3-4(10-11-5(3)8)6-9-1-2-12-6/h1-2H,7H2,(H3,8,10,11). The Morgan fingerprint density at radius 2 is 2.25 bits per heavy atom. The monoisotopic (exact) mass is 181 g/mol. The zero-order chi connectivity index (χ0) is 8.55. The molecule has 0 spiro atoms. The van der Waals surface area contributed by atoms with Crippen LogP contribution in [0, 0.1) is 0 Å². The van der Waals surface area contributed by atoms with Crippen LogP contribution in [0.15, 0.2) is 11.6 Å². The summed E-state index contributed by atoms with van der Waals surface area (Å²) in [6.45, 7) is 0. The Bertz CT molecular complexity index is 377. The van der Waals surface area contributed by atoms with E-state index < -0.39 is 0 Å². The van der Waals surface area contributed by atoms with Gasteiger partial charge >= 0.3 is 0 Å². The summed E-state index contributed by atoms with van der Waals surface area (Å²) in [7, 11) is 0. The lowest BCUT2D eigenvalue weighted by Crippen LogP contribution is -1.92. The number of hydrogen-bond acceptors (Lipinski definition) is 5. The summed E-state index contributed by atoms with van der Waals surface area (Å²) in [5.74, 6) is 0.320. The first kappa shape index (κ1) is 7.11. The van der Waals surface area contributed by atoms with Crippen LogP contribution in [-0.4, -0.2) is 15.2 Å². The van der Waals surface area contributed by atoms with Crippen molar-refractivity contribution in [3.8, 4) is 10.7 Å². The van der Waals surface area contributed by atoms with E-state index in [0.29, 0.717) is 17.2 Å². The number of H-pyrrole nitrogens is 1. The number of aromatic nitrogens is 3. The lowest BCUT2D eigenvalue weighted by Gasteiger charge is -1.91. The zero-order valence-electron chi connectivity index (χ0n) is 6.11. The maximum Gasteiger partial charge on any atom is 0.169 e. The van der Waals surface area contributed by atoms with Crippen LogP contribution in [0.1, 0.15) is 0 Å². The van der Waals surface area contributed by atoms with Crippen LogP contribution in [-0.2, 0) is 0 Å². The molecule has 2 rings (SSSR count). The van der Waals surface area contributed by atoms with Crippen molar-refractivity contribution in [2.24, 2.45) is 0 Å². The molecule has 0 atom stereocenters. The zero-order valence-corrected chi connectivity index (χ0v) is 6.93. The summed E-state index contributed by atoms with van der Waals surface area (Å²) in [5.41, 5.74) is 12.3. The number of thiazole rings is 1. The second kappa shape index (κ2) is 2.49. The van der Waals surface area contributed by atoms with Crippen molar-refractivity contribution in [2.75, 3.05) is 11.5 Å². The van der Waals surface area contributed by atoms with Gasteiger partial charge in [0.25, 0.3) is 0 Å². The molecule has 0 aliphatic heterocycles. The van der Waals surface area contributed by atoms with E-state index in [1.807, 2.05) is 5.38 Å². The third-order valence-corrected chi connectivity index (χ3v) is 2.27. The molecule has 5 nitrogen and oxygen atoms in total. The van der Waals surface area contributed by atoms with E-state index in [-0.39, 0.29) is 0 Å². The van der Waals surface area contributed by atoms with E-state index >= 15 is 0 Å². The molecule has 0 aliphatic rings. The smallest absolute Gasteiger partial charge is 0.169 e. The Morgan fingerprint density at radius 1 is 1.42 bits per heavy atom. The predicted molar refractivity (Wildman–Crippen MR) is 48.5 cm³/mol. The summed E-state index contributed by atoms with van der Waals surface area (Å²) in [6.07, 6.45) is 1.70. The summed E-state index contributed by atoms with van der Waals surface area (Å²) in [6, 6.07) is 0. The number of nitrogens with two attached hydrogens (primary N) is 2. The van der Waals surface area contributed by atoms with E-state index in [2.05, 4.69) is 15.2 Å². The third kappa shape index (κ3) is 0.928. The third-order valence-electron chi connectivity index (χ3n) is 1.48. The highest BCUT2D eigenvalue weighted by Crippen LogP contribution is 2.28. The van der Waals surface area contributed by atoms with Crippen molar-refractivity contribution in [3.05, 3.63) is 11.6 Å². The highest BCUT2D eigenvalue weighted by Gasteiger charge is 2.10. The minimum absolute atomic E-state index is 0.320. The lowest BCUT2D eigenvalue weighted by atomic mass is 10.4. The van der Waals surface area contributed by atoms with Crippen molar-refractivity contribution in [2.45, 2.75) is 0 Å². The fraction of sp³-hybridized carbons (Fsp3) is 0. The predicted octanol–water partition coefficient (Wildman–Crippen LogP) is 0.698. The molecule has 0 aromatic carbocycles. The van der Waals surface area contributed by atoms with Gasteiger partial charge in [-0.15, -0.1) is 11.3 Å². The Hall–Kier alpha value is -1.56. The molecule has 62 valence electrons. The van der Waals surface area contributed by atoms with Gasteiger partial charge in [-0.2, -0.15) is 5.10 Å². The molecule has 2 aromatic rings. The Kier molecular flexibility index (Phi) is 1.47. The van der Waals surface area contributed by atoms with E-state index in [9.17, 15) is 0 Å². The van der Waals surface area contributed by atoms with Gasteiger partial charge in [-0.05, 0) is 0 Å². The van der Waals surface area contributed by atoms with Gasteiger partial charge in [-0.1, -0.05) is 0 Å². The van der Waals surface area contributed by atoms with Crippen LogP contribution >= 0.6 is 11.3 Å². The minimum Gasteiger partial charge on any atom is -0.394 e. The molecule has 0 saturated heterocycles. The van der Waals surface area contributed by atoms with E-state index in [1.54, 1.807) is 6.20 Å². The van der Waals surface area contributed by atoms with E-state index in [4.69, 9.17) is 11.5 Å². The first-order chi connectivity index (χ1) is 5.79. The number of aromatic amines is 1. The number of nitrogens with zero attached hydrogens (tertiary/aromatic N) is 2. The van der Waals surface area contributed by atoms with Crippen molar-refractivity contribution in [3.63, 3.8) is 0 Å². The molecular weight excluding hydrogens is 174 g/mol. The number of rotatable bonds is 1. The van der Waals surface area contributed by atoms with Crippen LogP contribution in [0.4, 0.5) is 11.5 Å². The molecule has 6 heteroatoms.